The summed E-state index contributed by atoms with van der Waals surface area (Å²) in [4.78, 5) is 18.1. The first kappa shape index (κ1) is 20.5. The summed E-state index contributed by atoms with van der Waals surface area (Å²) >= 11 is 1.93. The van der Waals surface area contributed by atoms with Gasteiger partial charge in [-0.25, -0.2) is 0 Å². The number of hydrogen-bond donors (Lipinski definition) is 2. The molecule has 0 saturated carbocycles. The van der Waals surface area contributed by atoms with Gasteiger partial charge in [0.1, 0.15) is 0 Å². The Morgan fingerprint density at radius 3 is 2.89 bits per heavy atom. The zero-order valence-corrected chi connectivity index (χ0v) is 17.6. The van der Waals surface area contributed by atoms with E-state index < -0.39 is 0 Å². The van der Waals surface area contributed by atoms with Crippen LogP contribution in [-0.2, 0) is 10.5 Å². The van der Waals surface area contributed by atoms with Crippen molar-refractivity contribution in [1.82, 2.24) is 15.5 Å². The number of amides is 1. The molecule has 1 heterocycles. The quantitative estimate of drug-likeness (QED) is 0.427. The Morgan fingerprint density at radius 1 is 1.25 bits per heavy atom. The summed E-state index contributed by atoms with van der Waals surface area (Å²) in [5, 5.41) is 9.48. The SMILES string of the molecule is CCC(=O)N1CCC(NC(=NC)NCCSCc2cccc3ccccc23)C1. The lowest BCUT2D eigenvalue weighted by Gasteiger charge is -2.18. The molecule has 28 heavy (non-hydrogen) atoms. The fourth-order valence-electron chi connectivity index (χ4n) is 3.56. The van der Waals surface area contributed by atoms with Crippen LogP contribution in [0.1, 0.15) is 25.3 Å². The molecule has 150 valence electrons. The molecule has 3 rings (SSSR count). The van der Waals surface area contributed by atoms with Crippen LogP contribution in [0.5, 0.6) is 0 Å². The third-order valence-corrected chi connectivity index (χ3v) is 6.09. The normalized spacial score (nSPS) is 17.1. The molecule has 0 bridgehead atoms. The van der Waals surface area contributed by atoms with Crippen molar-refractivity contribution in [3.8, 4) is 0 Å². The van der Waals surface area contributed by atoms with Gasteiger partial charge in [-0.3, -0.25) is 9.79 Å². The molecule has 1 amide bonds. The molecule has 6 heteroatoms. The largest absolute Gasteiger partial charge is 0.356 e. The van der Waals surface area contributed by atoms with Gasteiger partial charge in [0, 0.05) is 50.7 Å². The maximum Gasteiger partial charge on any atom is 0.222 e. The number of hydrogen-bond acceptors (Lipinski definition) is 3. The summed E-state index contributed by atoms with van der Waals surface area (Å²) < 4.78 is 0. The molecule has 2 aromatic rings. The average Bonchev–Trinajstić information content (AvgIpc) is 3.20. The van der Waals surface area contributed by atoms with Crippen molar-refractivity contribution in [2.24, 2.45) is 4.99 Å². The number of nitrogens with zero attached hydrogens (tertiary/aromatic N) is 2. The van der Waals surface area contributed by atoms with Crippen LogP contribution < -0.4 is 10.6 Å². The van der Waals surface area contributed by atoms with Crippen LogP contribution in [0.3, 0.4) is 0 Å². The van der Waals surface area contributed by atoms with Crippen LogP contribution in [0.25, 0.3) is 10.8 Å². The van der Waals surface area contributed by atoms with Gasteiger partial charge in [0.05, 0.1) is 0 Å². The molecule has 0 aliphatic carbocycles. The predicted molar refractivity (Wildman–Crippen MR) is 120 cm³/mol. The third-order valence-electron chi connectivity index (χ3n) is 5.08. The number of rotatable bonds is 7. The number of likely N-dealkylation sites (tertiary alicyclic amines) is 1. The number of thioether (sulfide) groups is 1. The van der Waals surface area contributed by atoms with Crippen molar-refractivity contribution in [1.29, 1.82) is 0 Å². The Morgan fingerprint density at radius 2 is 2.07 bits per heavy atom. The highest BCUT2D eigenvalue weighted by Gasteiger charge is 2.25. The molecular weight excluding hydrogens is 368 g/mol. The molecule has 1 saturated heterocycles. The number of aliphatic imine (C=N–C) groups is 1. The van der Waals surface area contributed by atoms with Gasteiger partial charge in [0.15, 0.2) is 5.96 Å². The minimum atomic E-state index is 0.233. The zero-order valence-electron chi connectivity index (χ0n) is 16.8. The van der Waals surface area contributed by atoms with Crippen LogP contribution in [0.2, 0.25) is 0 Å². The standard InChI is InChI=1S/C22H30N4OS/c1-3-21(27)26-13-11-19(15-26)25-22(23-2)24-12-14-28-16-18-9-6-8-17-7-4-5-10-20(17)18/h4-10,19H,3,11-16H2,1-2H3,(H2,23,24,25). The minimum absolute atomic E-state index is 0.233. The summed E-state index contributed by atoms with van der Waals surface area (Å²) in [5.74, 6) is 3.07. The van der Waals surface area contributed by atoms with Gasteiger partial charge >= 0.3 is 0 Å². The summed E-state index contributed by atoms with van der Waals surface area (Å²) in [6.07, 6.45) is 1.55. The Bertz CT molecular complexity index is 818. The second-order valence-electron chi connectivity index (χ2n) is 7.01. The highest BCUT2D eigenvalue weighted by molar-refractivity contribution is 7.98. The van der Waals surface area contributed by atoms with Gasteiger partial charge in [0.25, 0.3) is 0 Å². The summed E-state index contributed by atoms with van der Waals surface area (Å²) in [6, 6.07) is 15.4. The molecule has 2 aromatic carbocycles. The lowest BCUT2D eigenvalue weighted by molar-refractivity contribution is -0.129. The van der Waals surface area contributed by atoms with E-state index in [1.54, 1.807) is 7.05 Å². The number of guanidine groups is 1. The van der Waals surface area contributed by atoms with E-state index in [2.05, 4.69) is 58.1 Å². The first-order valence-electron chi connectivity index (χ1n) is 10.0. The van der Waals surface area contributed by atoms with Gasteiger partial charge in [-0.15, -0.1) is 0 Å². The summed E-state index contributed by atoms with van der Waals surface area (Å²) in [5.41, 5.74) is 1.39. The lowest BCUT2D eigenvalue weighted by atomic mass is 10.1. The van der Waals surface area contributed by atoms with E-state index in [0.29, 0.717) is 6.42 Å². The summed E-state index contributed by atoms with van der Waals surface area (Å²) in [7, 11) is 1.79. The molecule has 0 aromatic heterocycles. The first-order valence-corrected chi connectivity index (χ1v) is 11.2. The number of carbonyl (C=O) groups excluding carboxylic acids is 1. The number of fused-ring (bicyclic) bond motifs is 1. The van der Waals surface area contributed by atoms with Crippen LogP contribution in [0.15, 0.2) is 47.5 Å². The highest BCUT2D eigenvalue weighted by atomic mass is 32.2. The Kier molecular flexibility index (Phi) is 7.60. The molecule has 1 aliphatic rings. The second-order valence-corrected chi connectivity index (χ2v) is 8.12. The van der Waals surface area contributed by atoms with E-state index in [-0.39, 0.29) is 11.9 Å². The number of benzene rings is 2. The number of nitrogens with one attached hydrogen (secondary N) is 2. The molecule has 2 N–H and O–H groups in total. The van der Waals surface area contributed by atoms with Gasteiger partial charge in [-0.1, -0.05) is 49.4 Å². The Labute approximate surface area is 172 Å². The fourth-order valence-corrected chi connectivity index (χ4v) is 4.42. The molecular formula is C22H30N4OS. The Hall–Kier alpha value is -2.21. The van der Waals surface area contributed by atoms with E-state index in [9.17, 15) is 4.79 Å². The third kappa shape index (κ3) is 5.41. The van der Waals surface area contributed by atoms with Crippen molar-refractivity contribution < 1.29 is 4.79 Å². The van der Waals surface area contributed by atoms with Gasteiger partial charge in [0.2, 0.25) is 5.91 Å². The Balaban J connectivity index is 1.39. The van der Waals surface area contributed by atoms with Gasteiger partial charge in [-0.05, 0) is 22.8 Å². The van der Waals surface area contributed by atoms with Crippen LogP contribution in [0.4, 0.5) is 0 Å². The molecule has 1 aliphatic heterocycles. The molecule has 1 atom stereocenters. The monoisotopic (exact) mass is 398 g/mol. The predicted octanol–water partition coefficient (Wildman–Crippen LogP) is 3.25. The van der Waals surface area contributed by atoms with Crippen molar-refractivity contribution in [2.75, 3.05) is 32.4 Å². The van der Waals surface area contributed by atoms with E-state index in [1.807, 2.05) is 23.6 Å². The topological polar surface area (TPSA) is 56.7 Å². The van der Waals surface area contributed by atoms with Crippen LogP contribution in [0, 0.1) is 0 Å². The van der Waals surface area contributed by atoms with E-state index in [0.717, 1.165) is 43.5 Å². The maximum absolute atomic E-state index is 11.8. The second kappa shape index (κ2) is 10.4. The first-order chi connectivity index (χ1) is 13.7. The van der Waals surface area contributed by atoms with Crippen LogP contribution >= 0.6 is 11.8 Å². The van der Waals surface area contributed by atoms with Crippen molar-refractivity contribution in [3.05, 3.63) is 48.0 Å². The van der Waals surface area contributed by atoms with Gasteiger partial charge < -0.3 is 15.5 Å². The average molecular weight is 399 g/mol. The lowest BCUT2D eigenvalue weighted by Crippen LogP contribution is -2.45. The smallest absolute Gasteiger partial charge is 0.222 e. The summed E-state index contributed by atoms with van der Waals surface area (Å²) in [6.45, 7) is 4.38. The molecule has 1 fully saturated rings. The van der Waals surface area contributed by atoms with Crippen LogP contribution in [-0.4, -0.2) is 55.2 Å². The minimum Gasteiger partial charge on any atom is -0.356 e. The fraction of sp³-hybridized carbons (Fsp3) is 0.455. The molecule has 0 radical (unpaired) electrons. The maximum atomic E-state index is 11.8. The van der Waals surface area contributed by atoms with E-state index in [4.69, 9.17) is 0 Å². The zero-order chi connectivity index (χ0) is 19.8. The molecule has 5 nitrogen and oxygen atoms in total. The number of carbonyl (C=O) groups is 1. The van der Waals surface area contributed by atoms with Gasteiger partial charge in [-0.2, -0.15) is 11.8 Å². The van der Waals surface area contributed by atoms with Crippen molar-refractivity contribution >= 4 is 34.4 Å². The molecule has 0 spiro atoms. The van der Waals surface area contributed by atoms with Crippen molar-refractivity contribution in [3.63, 3.8) is 0 Å². The van der Waals surface area contributed by atoms with Crippen molar-refractivity contribution in [2.45, 2.75) is 31.6 Å². The van der Waals surface area contributed by atoms with E-state index in [1.165, 1.54) is 16.3 Å². The highest BCUT2D eigenvalue weighted by Crippen LogP contribution is 2.22. The van der Waals surface area contributed by atoms with E-state index >= 15 is 0 Å². The molecule has 1 unspecified atom stereocenters.